The number of rotatable bonds is 5. The highest BCUT2D eigenvalue weighted by molar-refractivity contribution is 5.91. The van der Waals surface area contributed by atoms with Gasteiger partial charge >= 0.3 is 12.1 Å². The second-order valence-electron chi connectivity index (χ2n) is 6.25. The summed E-state index contributed by atoms with van der Waals surface area (Å²) in [5.74, 6) is -1.20. The van der Waals surface area contributed by atoms with E-state index < -0.39 is 23.4 Å². The van der Waals surface area contributed by atoms with E-state index in [1.165, 1.54) is 13.0 Å². The van der Waals surface area contributed by atoms with Crippen LogP contribution in [0.3, 0.4) is 0 Å². The lowest BCUT2D eigenvalue weighted by molar-refractivity contribution is -0.143. The molecule has 3 rings (SSSR count). The Morgan fingerprint density at radius 1 is 1.29 bits per heavy atom. The molecule has 0 aliphatic heterocycles. The van der Waals surface area contributed by atoms with Gasteiger partial charge in [0.15, 0.2) is 11.5 Å². The van der Waals surface area contributed by atoms with Gasteiger partial charge in [-0.05, 0) is 55.9 Å². The maximum absolute atomic E-state index is 13.6. The van der Waals surface area contributed by atoms with Crippen molar-refractivity contribution in [2.75, 3.05) is 6.61 Å². The first-order valence-electron chi connectivity index (χ1n) is 8.84. The molecule has 2 aromatic rings. The Balaban J connectivity index is 2.11. The van der Waals surface area contributed by atoms with Gasteiger partial charge in [-0.25, -0.2) is 14.5 Å². The SMILES string of the molecule is CCOC(=O)c1cnn(-c2cccc(C3=C(C=O)CCCC3)n2)c1C(F)(F)F. The Kier molecular flexibility index (Phi) is 5.62. The Morgan fingerprint density at radius 3 is 2.71 bits per heavy atom. The van der Waals surface area contributed by atoms with E-state index in [1.807, 2.05) is 0 Å². The molecule has 1 aliphatic carbocycles. The van der Waals surface area contributed by atoms with Gasteiger partial charge in [0, 0.05) is 0 Å². The summed E-state index contributed by atoms with van der Waals surface area (Å²) >= 11 is 0. The Morgan fingerprint density at radius 2 is 2.04 bits per heavy atom. The van der Waals surface area contributed by atoms with Gasteiger partial charge in [0.25, 0.3) is 0 Å². The average molecular weight is 393 g/mol. The van der Waals surface area contributed by atoms with Crippen molar-refractivity contribution in [3.63, 3.8) is 0 Å². The summed E-state index contributed by atoms with van der Waals surface area (Å²) in [6, 6.07) is 4.56. The first-order chi connectivity index (χ1) is 13.4. The molecule has 2 aromatic heterocycles. The van der Waals surface area contributed by atoms with Crippen LogP contribution in [-0.2, 0) is 15.7 Å². The van der Waals surface area contributed by atoms with Gasteiger partial charge in [-0.2, -0.15) is 18.3 Å². The predicted octanol–water partition coefficient (Wildman–Crippen LogP) is 3.99. The van der Waals surface area contributed by atoms with Gasteiger partial charge in [0.05, 0.1) is 18.5 Å². The number of aromatic nitrogens is 3. The molecule has 28 heavy (non-hydrogen) atoms. The number of allylic oxidation sites excluding steroid dienone is 2. The van der Waals surface area contributed by atoms with Gasteiger partial charge in [-0.1, -0.05) is 6.07 Å². The largest absolute Gasteiger partial charge is 0.462 e. The zero-order valence-corrected chi connectivity index (χ0v) is 15.1. The second kappa shape index (κ2) is 7.95. The van der Waals surface area contributed by atoms with Crippen LogP contribution < -0.4 is 0 Å². The smallest absolute Gasteiger partial charge is 0.434 e. The van der Waals surface area contributed by atoms with Crippen LogP contribution in [0.2, 0.25) is 0 Å². The van der Waals surface area contributed by atoms with Crippen molar-refractivity contribution in [2.24, 2.45) is 0 Å². The third kappa shape index (κ3) is 3.83. The molecular weight excluding hydrogens is 375 g/mol. The molecule has 2 heterocycles. The highest BCUT2D eigenvalue weighted by atomic mass is 19.4. The van der Waals surface area contributed by atoms with Gasteiger partial charge in [0.1, 0.15) is 11.8 Å². The third-order valence-corrected chi connectivity index (χ3v) is 4.45. The highest BCUT2D eigenvalue weighted by Crippen LogP contribution is 2.35. The summed E-state index contributed by atoms with van der Waals surface area (Å²) in [5.41, 5.74) is -0.148. The van der Waals surface area contributed by atoms with Crippen molar-refractivity contribution in [3.8, 4) is 5.82 Å². The number of hydrogen-bond acceptors (Lipinski definition) is 5. The zero-order valence-electron chi connectivity index (χ0n) is 15.1. The van der Waals surface area contributed by atoms with Gasteiger partial charge in [0.2, 0.25) is 0 Å². The maximum Gasteiger partial charge on any atom is 0.434 e. The minimum Gasteiger partial charge on any atom is -0.462 e. The minimum atomic E-state index is -4.84. The molecule has 9 heteroatoms. The van der Waals surface area contributed by atoms with E-state index in [0.717, 1.165) is 30.9 Å². The molecule has 0 unspecified atom stereocenters. The van der Waals surface area contributed by atoms with Crippen LogP contribution in [0.25, 0.3) is 11.4 Å². The molecule has 0 saturated carbocycles. The van der Waals surface area contributed by atoms with Crippen molar-refractivity contribution in [2.45, 2.75) is 38.8 Å². The first kappa shape index (κ1) is 19.8. The molecule has 0 fully saturated rings. The fraction of sp³-hybridized carbons (Fsp3) is 0.368. The van der Waals surface area contributed by atoms with E-state index in [1.54, 1.807) is 12.1 Å². The van der Waals surface area contributed by atoms with Crippen LogP contribution in [0, 0.1) is 0 Å². The van der Waals surface area contributed by atoms with Crippen LogP contribution in [0.5, 0.6) is 0 Å². The minimum absolute atomic E-state index is 0.0579. The summed E-state index contributed by atoms with van der Waals surface area (Å²) in [5, 5.41) is 3.73. The molecular formula is C19H18F3N3O3. The zero-order chi connectivity index (χ0) is 20.3. The maximum atomic E-state index is 13.6. The van der Waals surface area contributed by atoms with Gasteiger partial charge < -0.3 is 4.74 Å². The van der Waals surface area contributed by atoms with Gasteiger partial charge in [-0.3, -0.25) is 4.79 Å². The molecule has 6 nitrogen and oxygen atoms in total. The van der Waals surface area contributed by atoms with E-state index >= 15 is 0 Å². The third-order valence-electron chi connectivity index (χ3n) is 4.45. The fourth-order valence-electron chi connectivity index (χ4n) is 3.21. The summed E-state index contributed by atoms with van der Waals surface area (Å²) in [4.78, 5) is 27.5. The molecule has 0 amide bonds. The van der Waals surface area contributed by atoms with E-state index in [9.17, 15) is 22.8 Å². The summed E-state index contributed by atoms with van der Waals surface area (Å²) < 4.78 is 46.2. The number of pyridine rings is 1. The van der Waals surface area contributed by atoms with Gasteiger partial charge in [-0.15, -0.1) is 0 Å². The Hall–Kier alpha value is -2.97. The topological polar surface area (TPSA) is 74.1 Å². The number of nitrogens with zero attached hydrogens (tertiary/aromatic N) is 3. The monoisotopic (exact) mass is 393 g/mol. The van der Waals surface area contributed by atoms with Crippen molar-refractivity contribution in [1.82, 2.24) is 14.8 Å². The van der Waals surface area contributed by atoms with E-state index in [2.05, 4.69) is 10.1 Å². The fourth-order valence-corrected chi connectivity index (χ4v) is 3.21. The summed E-state index contributed by atoms with van der Waals surface area (Å²) in [6.07, 6.45) is -0.229. The van der Waals surface area contributed by atoms with E-state index in [4.69, 9.17) is 4.74 Å². The second-order valence-corrected chi connectivity index (χ2v) is 6.25. The van der Waals surface area contributed by atoms with Crippen molar-refractivity contribution >= 4 is 17.8 Å². The molecule has 0 N–H and O–H groups in total. The number of carbonyl (C=O) groups excluding carboxylic acids is 2. The predicted molar refractivity (Wildman–Crippen MR) is 93.8 cm³/mol. The number of ether oxygens (including phenoxy) is 1. The highest BCUT2D eigenvalue weighted by Gasteiger charge is 2.41. The molecule has 0 saturated heterocycles. The molecule has 0 bridgehead atoms. The summed E-state index contributed by atoms with van der Waals surface area (Å²) in [7, 11) is 0. The number of halogens is 3. The number of carbonyl (C=O) groups is 2. The standard InChI is InChI=1S/C19H18F3N3O3/c1-2-28-18(27)14-10-23-25(17(14)19(20,21)22)16-9-5-8-15(24-16)13-7-4-3-6-12(13)11-26/h5,8-11H,2-4,6-7H2,1H3. The Bertz CT molecular complexity index is 932. The molecule has 0 spiro atoms. The molecule has 148 valence electrons. The molecule has 0 aromatic carbocycles. The number of hydrogen-bond donors (Lipinski definition) is 0. The quantitative estimate of drug-likeness (QED) is 0.567. The van der Waals surface area contributed by atoms with Crippen LogP contribution in [0.1, 0.15) is 54.4 Å². The Labute approximate surface area is 159 Å². The van der Waals surface area contributed by atoms with Crippen molar-refractivity contribution < 1.29 is 27.5 Å². The lowest BCUT2D eigenvalue weighted by Crippen LogP contribution is -2.19. The molecule has 0 radical (unpaired) electrons. The number of aldehydes is 1. The average Bonchev–Trinajstić information content (AvgIpc) is 3.14. The normalized spacial score (nSPS) is 14.9. The number of esters is 1. The molecule has 1 aliphatic rings. The van der Waals surface area contributed by atoms with Crippen LogP contribution in [-0.4, -0.2) is 33.6 Å². The van der Waals surface area contributed by atoms with Crippen LogP contribution >= 0.6 is 0 Å². The van der Waals surface area contributed by atoms with Crippen LogP contribution in [0.4, 0.5) is 13.2 Å². The van der Waals surface area contributed by atoms with Crippen LogP contribution in [0.15, 0.2) is 30.0 Å². The molecule has 0 atom stereocenters. The van der Waals surface area contributed by atoms with E-state index in [-0.39, 0.29) is 12.4 Å². The van der Waals surface area contributed by atoms with Crippen molar-refractivity contribution in [1.29, 1.82) is 0 Å². The summed E-state index contributed by atoms with van der Waals surface area (Å²) in [6.45, 7) is 1.45. The number of alkyl halides is 3. The lowest BCUT2D eigenvalue weighted by atomic mass is 9.90. The van der Waals surface area contributed by atoms with E-state index in [0.29, 0.717) is 28.8 Å². The lowest BCUT2D eigenvalue weighted by Gasteiger charge is -2.17. The first-order valence-corrected chi connectivity index (χ1v) is 8.84. The van der Waals surface area contributed by atoms with Crippen molar-refractivity contribution in [3.05, 3.63) is 46.9 Å².